The van der Waals surface area contributed by atoms with Gasteiger partial charge in [-0.3, -0.25) is 30.2 Å². The van der Waals surface area contributed by atoms with Gasteiger partial charge in [0.2, 0.25) is 0 Å². The molecule has 0 unspecified atom stereocenters. The number of aryl methyl sites for hydroxylation is 2. The van der Waals surface area contributed by atoms with E-state index in [1.54, 1.807) is 12.1 Å². The number of nitrogens with one attached hydrogen (secondary N) is 3. The Morgan fingerprint density at radius 2 is 1.11 bits per heavy atom. The summed E-state index contributed by atoms with van der Waals surface area (Å²) in [6, 6.07) is 13.4. The molecule has 3 N–H and O–H groups in total. The van der Waals surface area contributed by atoms with E-state index in [2.05, 4.69) is 25.9 Å². The number of hydrogen-bond donors (Lipinski definition) is 3. The van der Waals surface area contributed by atoms with Gasteiger partial charge in [0.15, 0.2) is 0 Å². The molecule has 192 valence electrons. The van der Waals surface area contributed by atoms with Crippen molar-refractivity contribution in [3.63, 3.8) is 0 Å². The largest absolute Gasteiger partial charge is 0.384 e. The number of non-ortho nitro benzene ring substituents is 2. The Morgan fingerprint density at radius 1 is 0.676 bits per heavy atom. The smallest absolute Gasteiger partial charge is 0.271 e. The van der Waals surface area contributed by atoms with Gasteiger partial charge in [0.1, 0.15) is 0 Å². The van der Waals surface area contributed by atoms with Gasteiger partial charge in [0, 0.05) is 70.9 Å². The molecule has 2 heterocycles. The molecule has 0 amide bonds. The van der Waals surface area contributed by atoms with E-state index in [1.165, 1.54) is 24.3 Å². The highest BCUT2D eigenvalue weighted by molar-refractivity contribution is 5.93. The molecule has 2 aromatic carbocycles. The van der Waals surface area contributed by atoms with Crippen LogP contribution in [0.5, 0.6) is 0 Å². The average Bonchev–Trinajstić information content (AvgIpc) is 2.86. The first kappa shape index (κ1) is 25.7. The van der Waals surface area contributed by atoms with Crippen LogP contribution in [0, 0.1) is 34.1 Å². The summed E-state index contributed by atoms with van der Waals surface area (Å²) in [7, 11) is 0. The maximum Gasteiger partial charge on any atom is 0.271 e. The first-order chi connectivity index (χ1) is 17.8. The highest BCUT2D eigenvalue weighted by atomic mass is 16.6. The number of nitro benzene ring substituents is 2. The van der Waals surface area contributed by atoms with Crippen molar-refractivity contribution in [3.05, 3.63) is 80.1 Å². The highest BCUT2D eigenvalue weighted by Gasteiger charge is 2.11. The fraction of sp³-hybridized carbons (Fsp3) is 0.308. The number of benzene rings is 2. The number of aromatic nitrogens is 2. The van der Waals surface area contributed by atoms with Crippen LogP contribution < -0.4 is 16.0 Å². The lowest BCUT2D eigenvalue weighted by Crippen LogP contribution is -2.21. The molecule has 0 aliphatic heterocycles. The predicted octanol–water partition coefficient (Wildman–Crippen LogP) is 5.11. The molecule has 0 aliphatic carbocycles. The van der Waals surface area contributed by atoms with Crippen molar-refractivity contribution in [3.8, 4) is 0 Å². The quantitative estimate of drug-likeness (QED) is 0.136. The lowest BCUT2D eigenvalue weighted by Gasteiger charge is -2.12. The molecule has 0 bridgehead atoms. The zero-order chi connectivity index (χ0) is 26.4. The maximum absolute atomic E-state index is 11.1. The van der Waals surface area contributed by atoms with E-state index >= 15 is 0 Å². The fourth-order valence-corrected chi connectivity index (χ4v) is 4.22. The van der Waals surface area contributed by atoms with Gasteiger partial charge in [0.05, 0.1) is 20.9 Å². The average molecular weight is 504 g/mol. The Balaban J connectivity index is 1.20. The number of pyridine rings is 2. The molecule has 37 heavy (non-hydrogen) atoms. The highest BCUT2D eigenvalue weighted by Crippen LogP contribution is 2.28. The van der Waals surface area contributed by atoms with Gasteiger partial charge in [-0.2, -0.15) is 0 Å². The monoisotopic (exact) mass is 503 g/mol. The minimum Gasteiger partial charge on any atom is -0.384 e. The van der Waals surface area contributed by atoms with E-state index in [0.29, 0.717) is 11.0 Å². The van der Waals surface area contributed by atoms with E-state index in [1.807, 2.05) is 26.0 Å². The topological polar surface area (TPSA) is 148 Å². The van der Waals surface area contributed by atoms with E-state index in [0.717, 1.165) is 72.6 Å². The summed E-state index contributed by atoms with van der Waals surface area (Å²) in [5, 5.41) is 34.1. The fourth-order valence-electron chi connectivity index (χ4n) is 4.22. The minimum absolute atomic E-state index is 0.0338. The third-order valence-electron chi connectivity index (χ3n) is 5.96. The summed E-state index contributed by atoms with van der Waals surface area (Å²) in [5.41, 5.74) is 4.74. The molecule has 4 aromatic rings. The molecule has 0 saturated carbocycles. The molecule has 11 heteroatoms. The van der Waals surface area contributed by atoms with Crippen LogP contribution in [0.2, 0.25) is 0 Å². The Morgan fingerprint density at radius 3 is 1.51 bits per heavy atom. The van der Waals surface area contributed by atoms with E-state index in [-0.39, 0.29) is 11.4 Å². The van der Waals surface area contributed by atoms with E-state index in [4.69, 9.17) is 0 Å². The van der Waals surface area contributed by atoms with Crippen LogP contribution in [0.3, 0.4) is 0 Å². The molecule has 2 aromatic heterocycles. The van der Waals surface area contributed by atoms with Gasteiger partial charge in [-0.1, -0.05) is 0 Å². The molecule has 0 fully saturated rings. The SMILES string of the molecule is Cc1cc(NCCCNCCCNc2cc(C)nc3cc([N+](=O)[O-])ccc23)c2ccc([N+](=O)[O-])cc2n1. The van der Waals surface area contributed by atoms with Crippen molar-refractivity contribution in [1.29, 1.82) is 0 Å². The summed E-state index contributed by atoms with van der Waals surface area (Å²) < 4.78 is 0. The number of hydrogen-bond acceptors (Lipinski definition) is 9. The summed E-state index contributed by atoms with van der Waals surface area (Å²) in [6.45, 7) is 6.96. The van der Waals surface area contributed by atoms with Crippen LogP contribution >= 0.6 is 0 Å². The Hall–Kier alpha value is -4.38. The van der Waals surface area contributed by atoms with Gasteiger partial charge >= 0.3 is 0 Å². The molecule has 0 atom stereocenters. The number of rotatable bonds is 12. The first-order valence-corrected chi connectivity index (χ1v) is 12.1. The molecular formula is C26H29N7O4. The molecule has 0 radical (unpaired) electrons. The minimum atomic E-state index is -0.411. The van der Waals surface area contributed by atoms with Crippen molar-refractivity contribution in [2.24, 2.45) is 0 Å². The van der Waals surface area contributed by atoms with Crippen LogP contribution in [-0.4, -0.2) is 46.0 Å². The summed E-state index contributed by atoms with van der Waals surface area (Å²) in [6.07, 6.45) is 1.83. The third-order valence-corrected chi connectivity index (χ3v) is 5.96. The molecule has 0 spiro atoms. The van der Waals surface area contributed by atoms with Crippen molar-refractivity contribution >= 4 is 44.6 Å². The van der Waals surface area contributed by atoms with E-state index < -0.39 is 9.85 Å². The zero-order valence-corrected chi connectivity index (χ0v) is 20.8. The Bertz CT molecular complexity index is 1350. The van der Waals surface area contributed by atoms with Crippen LogP contribution in [0.4, 0.5) is 22.7 Å². The second-order valence-electron chi connectivity index (χ2n) is 8.85. The zero-order valence-electron chi connectivity index (χ0n) is 20.8. The van der Waals surface area contributed by atoms with Crippen molar-refractivity contribution < 1.29 is 9.85 Å². The Kier molecular flexibility index (Phi) is 8.04. The predicted molar refractivity (Wildman–Crippen MR) is 145 cm³/mol. The van der Waals surface area contributed by atoms with Gasteiger partial charge in [-0.25, -0.2) is 0 Å². The standard InChI is InChI=1S/C26H29N7O4/c1-17-13-23(21-7-5-19(32(34)35)15-25(21)30-17)28-11-3-9-27-10-4-12-29-24-14-18(2)31-26-16-20(33(36)37)6-8-22(24)26/h5-8,13-16,27H,3-4,9-12H2,1-2H3,(H,28,30)(H,29,31). The van der Waals surface area contributed by atoms with Crippen molar-refractivity contribution in [2.45, 2.75) is 26.7 Å². The van der Waals surface area contributed by atoms with Crippen LogP contribution in [0.15, 0.2) is 48.5 Å². The second kappa shape index (κ2) is 11.6. The molecule has 11 nitrogen and oxygen atoms in total. The van der Waals surface area contributed by atoms with Crippen molar-refractivity contribution in [1.82, 2.24) is 15.3 Å². The first-order valence-electron chi connectivity index (χ1n) is 12.1. The van der Waals surface area contributed by atoms with Gasteiger partial charge < -0.3 is 16.0 Å². The third kappa shape index (κ3) is 6.44. The van der Waals surface area contributed by atoms with Crippen molar-refractivity contribution in [2.75, 3.05) is 36.8 Å². The normalized spacial score (nSPS) is 11.1. The van der Waals surface area contributed by atoms with Gasteiger partial charge in [0.25, 0.3) is 11.4 Å². The lowest BCUT2D eigenvalue weighted by molar-refractivity contribution is -0.384. The number of fused-ring (bicyclic) bond motifs is 2. The van der Waals surface area contributed by atoms with Crippen LogP contribution in [0.1, 0.15) is 24.2 Å². The second-order valence-corrected chi connectivity index (χ2v) is 8.85. The summed E-state index contributed by atoms with van der Waals surface area (Å²) in [4.78, 5) is 30.1. The number of nitrogens with zero attached hydrogens (tertiary/aromatic N) is 4. The lowest BCUT2D eigenvalue weighted by atomic mass is 10.1. The maximum atomic E-state index is 11.1. The molecular weight excluding hydrogens is 474 g/mol. The van der Waals surface area contributed by atoms with Crippen LogP contribution in [0.25, 0.3) is 21.8 Å². The summed E-state index contributed by atoms with van der Waals surface area (Å²) >= 11 is 0. The molecule has 4 rings (SSSR count). The van der Waals surface area contributed by atoms with E-state index in [9.17, 15) is 20.2 Å². The summed E-state index contributed by atoms with van der Waals surface area (Å²) in [5.74, 6) is 0. The molecule has 0 saturated heterocycles. The van der Waals surface area contributed by atoms with Gasteiger partial charge in [-0.15, -0.1) is 0 Å². The Labute approximate surface area is 213 Å². The van der Waals surface area contributed by atoms with Gasteiger partial charge in [-0.05, 0) is 64.0 Å². The van der Waals surface area contributed by atoms with Crippen LogP contribution in [-0.2, 0) is 0 Å². The number of anilines is 2. The molecule has 0 aliphatic rings. The number of nitro groups is 2.